The van der Waals surface area contributed by atoms with Crippen molar-refractivity contribution in [3.63, 3.8) is 0 Å². The number of carbonyl (C=O) groups is 3. The fourth-order valence-electron chi connectivity index (χ4n) is 1.64. The molecular weight excluding hydrogens is 224 g/mol. The molecule has 1 heterocycles. The van der Waals surface area contributed by atoms with Crippen molar-refractivity contribution >= 4 is 17.8 Å². The molecule has 1 aliphatic heterocycles. The number of aliphatic carboxylic acids is 1. The lowest BCUT2D eigenvalue weighted by Crippen LogP contribution is -2.53. The first-order chi connectivity index (χ1) is 7.83. The number of likely N-dealkylation sites (tertiary alicyclic amines) is 1. The first-order valence-corrected chi connectivity index (χ1v) is 5.65. The molecule has 1 aliphatic rings. The summed E-state index contributed by atoms with van der Waals surface area (Å²) in [5.41, 5.74) is -1.31. The van der Waals surface area contributed by atoms with Crippen LogP contribution in [0.1, 0.15) is 33.1 Å². The topological polar surface area (TPSA) is 86.7 Å². The van der Waals surface area contributed by atoms with Gasteiger partial charge in [0.05, 0.1) is 6.54 Å². The van der Waals surface area contributed by atoms with Gasteiger partial charge in [-0.05, 0) is 26.7 Å². The zero-order chi connectivity index (χ0) is 13.1. The quantitative estimate of drug-likeness (QED) is 0.725. The van der Waals surface area contributed by atoms with E-state index in [0.29, 0.717) is 13.0 Å². The fourth-order valence-corrected chi connectivity index (χ4v) is 1.64. The number of piperidine rings is 1. The van der Waals surface area contributed by atoms with Crippen LogP contribution in [0.5, 0.6) is 0 Å². The number of nitrogens with zero attached hydrogens (tertiary/aromatic N) is 1. The Labute approximate surface area is 100.0 Å². The average molecular weight is 242 g/mol. The van der Waals surface area contributed by atoms with Gasteiger partial charge in [-0.25, -0.2) is 4.79 Å². The summed E-state index contributed by atoms with van der Waals surface area (Å²) < 4.78 is 0. The van der Waals surface area contributed by atoms with E-state index in [1.165, 1.54) is 18.7 Å². The van der Waals surface area contributed by atoms with Crippen molar-refractivity contribution in [3.05, 3.63) is 0 Å². The fraction of sp³-hybridized carbons (Fsp3) is 0.727. The molecule has 0 aliphatic carbocycles. The van der Waals surface area contributed by atoms with Crippen LogP contribution in [-0.4, -0.2) is 46.4 Å². The smallest absolute Gasteiger partial charge is 0.328 e. The SMILES string of the molecule is CC(C)(NC(=O)CN1CCCCC1=O)C(=O)O. The highest BCUT2D eigenvalue weighted by Crippen LogP contribution is 2.10. The molecule has 0 radical (unpaired) electrons. The monoisotopic (exact) mass is 242 g/mol. The zero-order valence-corrected chi connectivity index (χ0v) is 10.2. The van der Waals surface area contributed by atoms with Crippen molar-refractivity contribution in [2.75, 3.05) is 13.1 Å². The molecule has 0 aromatic heterocycles. The van der Waals surface area contributed by atoms with Crippen LogP contribution in [0.4, 0.5) is 0 Å². The van der Waals surface area contributed by atoms with Gasteiger partial charge >= 0.3 is 5.97 Å². The predicted molar refractivity (Wildman–Crippen MR) is 60.3 cm³/mol. The van der Waals surface area contributed by atoms with Crippen LogP contribution < -0.4 is 5.32 Å². The molecule has 6 heteroatoms. The van der Waals surface area contributed by atoms with Crippen molar-refractivity contribution in [2.24, 2.45) is 0 Å². The molecular formula is C11H18N2O4. The molecule has 0 saturated carbocycles. The third kappa shape index (κ3) is 3.72. The summed E-state index contributed by atoms with van der Waals surface area (Å²) in [5, 5.41) is 11.2. The van der Waals surface area contributed by atoms with Gasteiger partial charge in [-0.3, -0.25) is 9.59 Å². The van der Waals surface area contributed by atoms with Gasteiger partial charge in [0.2, 0.25) is 11.8 Å². The van der Waals surface area contributed by atoms with Crippen LogP contribution >= 0.6 is 0 Å². The number of nitrogens with one attached hydrogen (secondary N) is 1. The second-order valence-electron chi connectivity index (χ2n) is 4.75. The van der Waals surface area contributed by atoms with Crippen molar-refractivity contribution in [3.8, 4) is 0 Å². The molecule has 1 fully saturated rings. The minimum absolute atomic E-state index is 0.0421. The van der Waals surface area contributed by atoms with Crippen LogP contribution in [-0.2, 0) is 14.4 Å². The van der Waals surface area contributed by atoms with E-state index in [9.17, 15) is 14.4 Å². The molecule has 2 amide bonds. The summed E-state index contributed by atoms with van der Waals surface area (Å²) >= 11 is 0. The molecule has 0 aromatic carbocycles. The summed E-state index contributed by atoms with van der Waals surface area (Å²) in [6.45, 7) is 3.33. The van der Waals surface area contributed by atoms with E-state index in [1.54, 1.807) is 0 Å². The maximum Gasteiger partial charge on any atom is 0.328 e. The Balaban J connectivity index is 2.49. The van der Waals surface area contributed by atoms with Gasteiger partial charge in [0, 0.05) is 13.0 Å². The Morgan fingerprint density at radius 3 is 2.59 bits per heavy atom. The largest absolute Gasteiger partial charge is 0.480 e. The lowest BCUT2D eigenvalue weighted by molar-refractivity contribution is -0.146. The number of hydrogen-bond acceptors (Lipinski definition) is 3. The van der Waals surface area contributed by atoms with Crippen molar-refractivity contribution in [1.29, 1.82) is 0 Å². The maximum absolute atomic E-state index is 11.6. The highest BCUT2D eigenvalue weighted by Gasteiger charge is 2.30. The van der Waals surface area contributed by atoms with Crippen LogP contribution in [0.2, 0.25) is 0 Å². The molecule has 6 nitrogen and oxygen atoms in total. The normalized spacial score (nSPS) is 16.8. The van der Waals surface area contributed by atoms with Crippen molar-refractivity contribution < 1.29 is 19.5 Å². The van der Waals surface area contributed by atoms with Gasteiger partial charge in [-0.1, -0.05) is 0 Å². The van der Waals surface area contributed by atoms with E-state index >= 15 is 0 Å². The second kappa shape index (κ2) is 5.16. The van der Waals surface area contributed by atoms with E-state index in [0.717, 1.165) is 12.8 Å². The Bertz CT molecular complexity index is 338. The highest BCUT2D eigenvalue weighted by molar-refractivity contribution is 5.89. The molecule has 1 rings (SSSR count). The van der Waals surface area contributed by atoms with E-state index in [1.807, 2.05) is 0 Å². The molecule has 0 bridgehead atoms. The first kappa shape index (κ1) is 13.5. The van der Waals surface area contributed by atoms with Crippen LogP contribution in [0.25, 0.3) is 0 Å². The van der Waals surface area contributed by atoms with Gasteiger partial charge in [-0.15, -0.1) is 0 Å². The minimum atomic E-state index is -1.31. The summed E-state index contributed by atoms with van der Waals surface area (Å²) in [5.74, 6) is -1.58. The van der Waals surface area contributed by atoms with Crippen molar-refractivity contribution in [1.82, 2.24) is 10.2 Å². The van der Waals surface area contributed by atoms with Gasteiger partial charge in [0.25, 0.3) is 0 Å². The molecule has 0 aromatic rings. The lowest BCUT2D eigenvalue weighted by atomic mass is 10.1. The van der Waals surface area contributed by atoms with E-state index in [4.69, 9.17) is 5.11 Å². The average Bonchev–Trinajstić information content (AvgIpc) is 2.20. The number of carboxylic acid groups (broad SMARTS) is 1. The van der Waals surface area contributed by atoms with Gasteiger partial charge in [0.1, 0.15) is 5.54 Å². The molecule has 0 unspecified atom stereocenters. The van der Waals surface area contributed by atoms with Crippen LogP contribution in [0, 0.1) is 0 Å². The van der Waals surface area contributed by atoms with Gasteiger partial charge < -0.3 is 15.3 Å². The summed E-state index contributed by atoms with van der Waals surface area (Å²) in [7, 11) is 0. The summed E-state index contributed by atoms with van der Waals surface area (Å²) in [4.78, 5) is 35.4. The summed E-state index contributed by atoms with van der Waals surface area (Å²) in [6.07, 6.45) is 2.22. The van der Waals surface area contributed by atoms with Crippen LogP contribution in [0.3, 0.4) is 0 Å². The number of hydrogen-bond donors (Lipinski definition) is 2. The van der Waals surface area contributed by atoms with Crippen LogP contribution in [0.15, 0.2) is 0 Å². The number of carboxylic acids is 1. The minimum Gasteiger partial charge on any atom is -0.480 e. The predicted octanol–water partition coefficient (Wildman–Crippen LogP) is -0.0217. The van der Waals surface area contributed by atoms with E-state index in [-0.39, 0.29) is 12.5 Å². The molecule has 2 N–H and O–H groups in total. The van der Waals surface area contributed by atoms with Gasteiger partial charge in [-0.2, -0.15) is 0 Å². The first-order valence-electron chi connectivity index (χ1n) is 5.65. The molecule has 0 spiro atoms. The molecule has 1 saturated heterocycles. The highest BCUT2D eigenvalue weighted by atomic mass is 16.4. The Hall–Kier alpha value is -1.59. The number of carbonyl (C=O) groups excluding carboxylic acids is 2. The van der Waals surface area contributed by atoms with E-state index in [2.05, 4.69) is 5.32 Å². The van der Waals surface area contributed by atoms with Crippen molar-refractivity contribution in [2.45, 2.75) is 38.6 Å². The third-order valence-electron chi connectivity index (χ3n) is 2.74. The second-order valence-corrected chi connectivity index (χ2v) is 4.75. The molecule has 0 atom stereocenters. The standard InChI is InChI=1S/C11H18N2O4/c1-11(2,10(16)17)12-8(14)7-13-6-4-3-5-9(13)15/h3-7H2,1-2H3,(H,12,14)(H,16,17). The van der Waals surface area contributed by atoms with E-state index < -0.39 is 17.4 Å². The van der Waals surface area contributed by atoms with Gasteiger partial charge in [0.15, 0.2) is 0 Å². The number of rotatable bonds is 4. The number of amides is 2. The lowest BCUT2D eigenvalue weighted by Gasteiger charge is -2.28. The Morgan fingerprint density at radius 1 is 1.41 bits per heavy atom. The molecule has 96 valence electrons. The zero-order valence-electron chi connectivity index (χ0n) is 10.2. The maximum atomic E-state index is 11.6. The third-order valence-corrected chi connectivity index (χ3v) is 2.74. The summed E-state index contributed by atoms with van der Waals surface area (Å²) in [6, 6.07) is 0. The molecule has 17 heavy (non-hydrogen) atoms. The Kier molecular flexibility index (Phi) is 4.09. The Morgan fingerprint density at radius 2 is 2.06 bits per heavy atom.